The monoisotopic (exact) mass is 261 g/mol. The van der Waals surface area contributed by atoms with E-state index in [2.05, 4.69) is 4.98 Å². The maximum absolute atomic E-state index is 12.5. The van der Waals surface area contributed by atoms with Crippen molar-refractivity contribution in [1.82, 2.24) is 9.55 Å². The normalized spacial score (nSPS) is 11.8. The van der Waals surface area contributed by atoms with Crippen molar-refractivity contribution in [3.8, 4) is 5.69 Å². The Hall–Kier alpha value is -1.69. The van der Waals surface area contributed by atoms with Crippen molar-refractivity contribution in [2.24, 2.45) is 0 Å². The van der Waals surface area contributed by atoms with Gasteiger partial charge in [-0.25, -0.2) is 4.98 Å². The fourth-order valence-electron chi connectivity index (χ4n) is 1.39. The van der Waals surface area contributed by atoms with Crippen LogP contribution in [-0.4, -0.2) is 9.55 Å². The van der Waals surface area contributed by atoms with Crippen molar-refractivity contribution in [3.63, 3.8) is 0 Å². The van der Waals surface area contributed by atoms with Crippen LogP contribution in [0.2, 0.25) is 5.02 Å². The highest BCUT2D eigenvalue weighted by Gasteiger charge is 2.31. The molecule has 1 heterocycles. The Bertz CT molecular complexity index is 548. The highest BCUT2D eigenvalue weighted by molar-refractivity contribution is 6.32. The summed E-state index contributed by atoms with van der Waals surface area (Å²) in [6.07, 6.45) is -1.60. The lowest BCUT2D eigenvalue weighted by atomic mass is 10.2. The molecule has 0 aliphatic heterocycles. The molecular weight excluding hydrogens is 255 g/mol. The number of imidazole rings is 1. The number of benzene rings is 1. The summed E-state index contributed by atoms with van der Waals surface area (Å²) >= 11 is 5.84. The van der Waals surface area contributed by atoms with Crippen LogP contribution >= 0.6 is 11.6 Å². The fourth-order valence-corrected chi connectivity index (χ4v) is 1.60. The predicted octanol–water partition coefficient (Wildman–Crippen LogP) is 3.13. The number of halogens is 4. The minimum absolute atomic E-state index is 0.0752. The number of hydrogen-bond acceptors (Lipinski definition) is 2. The van der Waals surface area contributed by atoms with E-state index in [4.69, 9.17) is 17.3 Å². The molecule has 0 aliphatic carbocycles. The van der Waals surface area contributed by atoms with E-state index in [-0.39, 0.29) is 16.7 Å². The lowest BCUT2D eigenvalue weighted by Gasteiger charge is -2.11. The first kappa shape index (κ1) is 11.8. The number of alkyl halides is 3. The molecule has 0 aliphatic rings. The number of aromatic nitrogens is 2. The third-order valence-electron chi connectivity index (χ3n) is 2.20. The molecule has 0 radical (unpaired) electrons. The van der Waals surface area contributed by atoms with Crippen LogP contribution < -0.4 is 5.73 Å². The van der Waals surface area contributed by atoms with E-state index < -0.39 is 11.7 Å². The summed E-state index contributed by atoms with van der Waals surface area (Å²) in [5.74, 6) is 0.0752. The molecule has 0 saturated carbocycles. The van der Waals surface area contributed by atoms with Crippen LogP contribution in [0.15, 0.2) is 30.6 Å². The van der Waals surface area contributed by atoms with Gasteiger partial charge in [-0.1, -0.05) is 11.6 Å². The largest absolute Gasteiger partial charge is 0.416 e. The van der Waals surface area contributed by atoms with Gasteiger partial charge in [0.15, 0.2) is 0 Å². The summed E-state index contributed by atoms with van der Waals surface area (Å²) in [6.45, 7) is 0. The maximum atomic E-state index is 12.5. The second-order valence-electron chi connectivity index (χ2n) is 3.32. The molecule has 0 amide bonds. The molecule has 0 fully saturated rings. The van der Waals surface area contributed by atoms with E-state index in [1.54, 1.807) is 0 Å². The molecule has 2 N–H and O–H groups in total. The highest BCUT2D eigenvalue weighted by Crippen LogP contribution is 2.33. The number of rotatable bonds is 1. The quantitative estimate of drug-likeness (QED) is 0.857. The van der Waals surface area contributed by atoms with E-state index in [1.807, 2.05) is 0 Å². The zero-order valence-corrected chi connectivity index (χ0v) is 9.13. The van der Waals surface area contributed by atoms with Gasteiger partial charge in [-0.05, 0) is 18.2 Å². The van der Waals surface area contributed by atoms with Crippen molar-refractivity contribution < 1.29 is 13.2 Å². The van der Waals surface area contributed by atoms with Gasteiger partial charge >= 0.3 is 6.18 Å². The number of anilines is 1. The van der Waals surface area contributed by atoms with E-state index in [0.717, 1.165) is 12.1 Å². The summed E-state index contributed by atoms with van der Waals surface area (Å²) in [5.41, 5.74) is 4.88. The van der Waals surface area contributed by atoms with E-state index in [9.17, 15) is 13.2 Å². The van der Waals surface area contributed by atoms with Crippen molar-refractivity contribution in [3.05, 3.63) is 41.2 Å². The first-order valence-electron chi connectivity index (χ1n) is 4.55. The van der Waals surface area contributed by atoms with Crippen LogP contribution in [-0.2, 0) is 6.18 Å². The Morgan fingerprint density at radius 3 is 2.53 bits per heavy atom. The smallest absolute Gasteiger partial charge is 0.369 e. The molecule has 90 valence electrons. The lowest BCUT2D eigenvalue weighted by molar-refractivity contribution is -0.137. The maximum Gasteiger partial charge on any atom is 0.416 e. The Morgan fingerprint density at radius 1 is 1.29 bits per heavy atom. The minimum atomic E-state index is -4.42. The summed E-state index contributed by atoms with van der Waals surface area (Å²) in [4.78, 5) is 3.73. The Balaban J connectivity index is 2.58. The Labute approximate surface area is 99.6 Å². The van der Waals surface area contributed by atoms with Gasteiger partial charge in [0.05, 0.1) is 16.3 Å². The van der Waals surface area contributed by atoms with Crippen LogP contribution in [0.25, 0.3) is 5.69 Å². The molecule has 17 heavy (non-hydrogen) atoms. The summed E-state index contributed by atoms with van der Waals surface area (Å²) in [5, 5.41) is 0.169. The van der Waals surface area contributed by atoms with Gasteiger partial charge in [-0.15, -0.1) is 0 Å². The third kappa shape index (κ3) is 2.21. The standard InChI is InChI=1S/C10H7ClF3N3/c11-7-2-1-6(10(12,13)14)5-8(7)17-4-3-16-9(17)15/h1-5H,(H2,15,16). The fraction of sp³-hybridized carbons (Fsp3) is 0.100. The third-order valence-corrected chi connectivity index (χ3v) is 2.52. The molecule has 3 nitrogen and oxygen atoms in total. The lowest BCUT2D eigenvalue weighted by Crippen LogP contribution is -2.07. The van der Waals surface area contributed by atoms with Crippen LogP contribution in [0.4, 0.5) is 19.1 Å². The molecule has 1 aromatic carbocycles. The van der Waals surface area contributed by atoms with Gasteiger partial charge in [0.25, 0.3) is 0 Å². The van der Waals surface area contributed by atoms with Crippen LogP contribution in [0.1, 0.15) is 5.56 Å². The minimum Gasteiger partial charge on any atom is -0.369 e. The SMILES string of the molecule is Nc1nccn1-c1cc(C(F)(F)F)ccc1Cl. The predicted molar refractivity (Wildman–Crippen MR) is 58.0 cm³/mol. The van der Waals surface area contributed by atoms with Crippen molar-refractivity contribution in [2.45, 2.75) is 6.18 Å². The highest BCUT2D eigenvalue weighted by atomic mass is 35.5. The van der Waals surface area contributed by atoms with Crippen LogP contribution in [0.3, 0.4) is 0 Å². The van der Waals surface area contributed by atoms with Crippen molar-refractivity contribution in [2.75, 3.05) is 5.73 Å². The molecule has 1 aromatic heterocycles. The second kappa shape index (κ2) is 3.96. The summed E-state index contributed by atoms with van der Waals surface area (Å²) < 4.78 is 38.9. The molecule has 7 heteroatoms. The molecule has 0 saturated heterocycles. The average Bonchev–Trinajstić information content (AvgIpc) is 2.63. The van der Waals surface area contributed by atoms with Gasteiger partial charge in [0.2, 0.25) is 5.95 Å². The van der Waals surface area contributed by atoms with Crippen LogP contribution in [0, 0.1) is 0 Å². The average molecular weight is 262 g/mol. The molecular formula is C10H7ClF3N3. The number of nitrogen functional groups attached to an aromatic ring is 1. The van der Waals surface area contributed by atoms with Crippen molar-refractivity contribution >= 4 is 17.5 Å². The zero-order valence-electron chi connectivity index (χ0n) is 8.37. The first-order chi connectivity index (χ1) is 7.89. The summed E-state index contributed by atoms with van der Waals surface area (Å²) in [6, 6.07) is 3.03. The molecule has 0 bridgehead atoms. The van der Waals surface area contributed by atoms with Gasteiger partial charge in [0, 0.05) is 12.4 Å². The number of nitrogens with zero attached hydrogens (tertiary/aromatic N) is 2. The van der Waals surface area contributed by atoms with Crippen LogP contribution in [0.5, 0.6) is 0 Å². The van der Waals surface area contributed by atoms with E-state index in [1.165, 1.54) is 23.0 Å². The molecule has 0 atom stereocenters. The second-order valence-corrected chi connectivity index (χ2v) is 3.73. The van der Waals surface area contributed by atoms with E-state index in [0.29, 0.717) is 0 Å². The van der Waals surface area contributed by atoms with Gasteiger partial charge in [0.1, 0.15) is 0 Å². The molecule has 0 spiro atoms. The summed E-state index contributed by atoms with van der Waals surface area (Å²) in [7, 11) is 0. The van der Waals surface area contributed by atoms with Crippen molar-refractivity contribution in [1.29, 1.82) is 0 Å². The number of nitrogens with two attached hydrogens (primary N) is 1. The molecule has 2 aromatic rings. The van der Waals surface area contributed by atoms with Gasteiger partial charge in [-0.2, -0.15) is 13.2 Å². The van der Waals surface area contributed by atoms with E-state index >= 15 is 0 Å². The topological polar surface area (TPSA) is 43.8 Å². The zero-order chi connectivity index (χ0) is 12.6. The molecule has 2 rings (SSSR count). The van der Waals surface area contributed by atoms with Gasteiger partial charge < -0.3 is 5.73 Å². The number of hydrogen-bond donors (Lipinski definition) is 1. The Kier molecular flexibility index (Phi) is 2.74. The molecule has 0 unspecified atom stereocenters. The van der Waals surface area contributed by atoms with Gasteiger partial charge in [-0.3, -0.25) is 4.57 Å². The first-order valence-corrected chi connectivity index (χ1v) is 4.93. The Morgan fingerprint density at radius 2 is 2.00 bits per heavy atom.